The average Bonchev–Trinajstić information content (AvgIpc) is 2.95. The number of rotatable bonds is 6. The Kier molecular flexibility index (Phi) is 4.81. The number of unbranched alkanes of at least 4 members (excludes halogenated alkanes) is 1. The molecule has 3 heteroatoms. The molecule has 19 heavy (non-hydrogen) atoms. The molecular formula is C16H26N2O. The number of nitrogens with zero attached hydrogens (tertiary/aromatic N) is 2. The first-order chi connectivity index (χ1) is 9.11. The highest BCUT2D eigenvalue weighted by molar-refractivity contribution is 5.94. The van der Waals surface area contributed by atoms with Crippen molar-refractivity contribution in [3.63, 3.8) is 0 Å². The zero-order valence-electron chi connectivity index (χ0n) is 12.5. The molecule has 0 aliphatic carbocycles. The Morgan fingerprint density at radius 1 is 1.47 bits per heavy atom. The summed E-state index contributed by atoms with van der Waals surface area (Å²) in [6.45, 7) is 6.09. The van der Waals surface area contributed by atoms with Gasteiger partial charge in [0.25, 0.3) is 0 Å². The van der Waals surface area contributed by atoms with E-state index in [-0.39, 0.29) is 5.78 Å². The summed E-state index contributed by atoms with van der Waals surface area (Å²) in [6, 6.07) is 2.80. The Bertz CT molecular complexity index is 436. The number of aryl methyl sites for hydroxylation is 1. The number of ketones is 1. The van der Waals surface area contributed by atoms with Gasteiger partial charge in [-0.1, -0.05) is 19.8 Å². The molecule has 0 spiro atoms. The number of carbonyl (C=O) groups is 1. The Labute approximate surface area is 116 Å². The summed E-state index contributed by atoms with van der Waals surface area (Å²) in [5.74, 6) is 0.158. The van der Waals surface area contributed by atoms with Crippen LogP contribution in [0.15, 0.2) is 12.3 Å². The van der Waals surface area contributed by atoms with E-state index in [1.807, 2.05) is 13.2 Å². The number of likely N-dealkylation sites (tertiary alicyclic amines) is 1. The van der Waals surface area contributed by atoms with Crippen molar-refractivity contribution in [1.29, 1.82) is 0 Å². The number of carbonyl (C=O) groups excluding carboxylic acids is 1. The van der Waals surface area contributed by atoms with Crippen LogP contribution in [0.4, 0.5) is 0 Å². The molecule has 0 radical (unpaired) electrons. The lowest BCUT2D eigenvalue weighted by Crippen LogP contribution is -2.29. The van der Waals surface area contributed by atoms with Crippen LogP contribution in [-0.4, -0.2) is 27.8 Å². The number of aromatic nitrogens is 1. The highest BCUT2D eigenvalue weighted by atomic mass is 16.1. The van der Waals surface area contributed by atoms with Crippen LogP contribution in [-0.2, 0) is 13.6 Å². The molecule has 1 atom stereocenters. The summed E-state index contributed by atoms with van der Waals surface area (Å²) < 4.78 is 2.10. The van der Waals surface area contributed by atoms with Gasteiger partial charge in [0, 0.05) is 37.1 Å². The zero-order chi connectivity index (χ0) is 13.8. The zero-order valence-corrected chi connectivity index (χ0v) is 12.5. The van der Waals surface area contributed by atoms with Gasteiger partial charge in [-0.15, -0.1) is 0 Å². The predicted octanol–water partition coefficient (Wildman–Crippen LogP) is 3.38. The van der Waals surface area contributed by atoms with E-state index in [1.54, 1.807) is 6.92 Å². The molecule has 2 heterocycles. The van der Waals surface area contributed by atoms with E-state index in [0.717, 1.165) is 18.2 Å². The standard InChI is InChI=1S/C16H26N2O/c1-4-5-7-15-8-6-9-18(15)12-16-10-14(13(2)19)11-17(16)3/h10-11,15H,4-9,12H2,1-3H3. The van der Waals surface area contributed by atoms with Gasteiger partial charge in [-0.05, 0) is 38.8 Å². The molecular weight excluding hydrogens is 236 g/mol. The molecule has 106 valence electrons. The maximum absolute atomic E-state index is 11.4. The van der Waals surface area contributed by atoms with Crippen molar-refractivity contribution >= 4 is 5.78 Å². The number of hydrogen-bond acceptors (Lipinski definition) is 2. The molecule has 1 fully saturated rings. The fourth-order valence-electron chi connectivity index (χ4n) is 3.04. The average molecular weight is 262 g/mol. The third-order valence-electron chi connectivity index (χ3n) is 4.27. The second-order valence-electron chi connectivity index (χ2n) is 5.80. The van der Waals surface area contributed by atoms with Crippen LogP contribution in [0.3, 0.4) is 0 Å². The van der Waals surface area contributed by atoms with Crippen molar-refractivity contribution in [3.8, 4) is 0 Å². The van der Waals surface area contributed by atoms with Crippen LogP contribution >= 0.6 is 0 Å². The fraction of sp³-hybridized carbons (Fsp3) is 0.688. The lowest BCUT2D eigenvalue weighted by Gasteiger charge is -2.24. The summed E-state index contributed by atoms with van der Waals surface area (Å²) in [4.78, 5) is 14.0. The first kappa shape index (κ1) is 14.3. The molecule has 1 saturated heterocycles. The van der Waals surface area contributed by atoms with E-state index < -0.39 is 0 Å². The van der Waals surface area contributed by atoms with Crippen molar-refractivity contribution in [1.82, 2.24) is 9.47 Å². The first-order valence-electron chi connectivity index (χ1n) is 7.52. The molecule has 1 aliphatic heterocycles. The number of Topliss-reactive ketones (excluding diaryl/α,β-unsaturated/α-hetero) is 1. The molecule has 1 aromatic heterocycles. The van der Waals surface area contributed by atoms with Crippen molar-refractivity contribution < 1.29 is 4.79 Å². The molecule has 0 aromatic carbocycles. The highest BCUT2D eigenvalue weighted by Crippen LogP contribution is 2.24. The molecule has 0 bridgehead atoms. The lowest BCUT2D eigenvalue weighted by molar-refractivity contribution is 0.101. The van der Waals surface area contributed by atoms with Crippen LogP contribution in [0.5, 0.6) is 0 Å². The van der Waals surface area contributed by atoms with Gasteiger partial charge < -0.3 is 4.57 Å². The quantitative estimate of drug-likeness (QED) is 0.734. The van der Waals surface area contributed by atoms with Crippen LogP contribution in [0.25, 0.3) is 0 Å². The predicted molar refractivity (Wildman–Crippen MR) is 78.4 cm³/mol. The minimum atomic E-state index is 0.158. The summed E-state index contributed by atoms with van der Waals surface area (Å²) >= 11 is 0. The second-order valence-corrected chi connectivity index (χ2v) is 5.80. The van der Waals surface area contributed by atoms with Crippen LogP contribution in [0.2, 0.25) is 0 Å². The van der Waals surface area contributed by atoms with Crippen LogP contribution < -0.4 is 0 Å². The Hall–Kier alpha value is -1.09. The maximum atomic E-state index is 11.4. The summed E-state index contributed by atoms with van der Waals surface area (Å²) in [5, 5.41) is 0. The third kappa shape index (κ3) is 3.47. The van der Waals surface area contributed by atoms with E-state index in [0.29, 0.717) is 0 Å². The molecule has 0 N–H and O–H groups in total. The Balaban J connectivity index is 2.01. The topological polar surface area (TPSA) is 25.2 Å². The van der Waals surface area contributed by atoms with Crippen LogP contribution in [0, 0.1) is 0 Å². The van der Waals surface area contributed by atoms with Crippen LogP contribution in [0.1, 0.15) is 62.0 Å². The largest absolute Gasteiger partial charge is 0.353 e. The molecule has 1 unspecified atom stereocenters. The van der Waals surface area contributed by atoms with Gasteiger partial charge in [-0.3, -0.25) is 9.69 Å². The van der Waals surface area contributed by atoms with Gasteiger partial charge in [0.15, 0.2) is 5.78 Å². The Morgan fingerprint density at radius 2 is 2.26 bits per heavy atom. The molecule has 3 nitrogen and oxygen atoms in total. The van der Waals surface area contributed by atoms with Gasteiger partial charge in [0.05, 0.1) is 0 Å². The van der Waals surface area contributed by atoms with Gasteiger partial charge in [-0.2, -0.15) is 0 Å². The summed E-state index contributed by atoms with van der Waals surface area (Å²) in [5.41, 5.74) is 2.09. The normalized spacial score (nSPS) is 20.1. The maximum Gasteiger partial charge on any atom is 0.161 e. The smallest absolute Gasteiger partial charge is 0.161 e. The van der Waals surface area contributed by atoms with E-state index in [9.17, 15) is 4.79 Å². The lowest BCUT2D eigenvalue weighted by atomic mass is 10.1. The van der Waals surface area contributed by atoms with E-state index >= 15 is 0 Å². The van der Waals surface area contributed by atoms with Gasteiger partial charge in [0.1, 0.15) is 0 Å². The molecule has 0 amide bonds. The SMILES string of the molecule is CCCCC1CCCN1Cc1cc(C(C)=O)cn1C. The molecule has 1 aliphatic rings. The highest BCUT2D eigenvalue weighted by Gasteiger charge is 2.24. The first-order valence-corrected chi connectivity index (χ1v) is 7.52. The van der Waals surface area contributed by atoms with Crippen molar-refractivity contribution in [3.05, 3.63) is 23.5 Å². The van der Waals surface area contributed by atoms with Crippen molar-refractivity contribution in [2.75, 3.05) is 6.54 Å². The Morgan fingerprint density at radius 3 is 2.89 bits per heavy atom. The van der Waals surface area contributed by atoms with Gasteiger partial charge in [0.2, 0.25) is 0 Å². The van der Waals surface area contributed by atoms with E-state index in [1.165, 1.54) is 44.3 Å². The molecule has 1 aromatic rings. The van der Waals surface area contributed by atoms with E-state index in [4.69, 9.17) is 0 Å². The summed E-state index contributed by atoms with van der Waals surface area (Å²) in [6.07, 6.45) is 8.54. The third-order valence-corrected chi connectivity index (χ3v) is 4.27. The molecule has 2 rings (SSSR count). The van der Waals surface area contributed by atoms with Gasteiger partial charge >= 0.3 is 0 Å². The van der Waals surface area contributed by atoms with Crippen molar-refractivity contribution in [2.45, 2.75) is 58.5 Å². The van der Waals surface area contributed by atoms with Crippen molar-refractivity contribution in [2.24, 2.45) is 7.05 Å². The van der Waals surface area contributed by atoms with E-state index in [2.05, 4.69) is 22.5 Å². The summed E-state index contributed by atoms with van der Waals surface area (Å²) in [7, 11) is 2.04. The second kappa shape index (κ2) is 6.38. The monoisotopic (exact) mass is 262 g/mol. The minimum absolute atomic E-state index is 0.158. The molecule has 0 saturated carbocycles. The van der Waals surface area contributed by atoms with Gasteiger partial charge in [-0.25, -0.2) is 0 Å². The fourth-order valence-corrected chi connectivity index (χ4v) is 3.04. The minimum Gasteiger partial charge on any atom is -0.353 e. The number of hydrogen-bond donors (Lipinski definition) is 0.